The summed E-state index contributed by atoms with van der Waals surface area (Å²) >= 11 is 0. The quantitative estimate of drug-likeness (QED) is 0.660. The second-order valence-corrected chi connectivity index (χ2v) is 7.70. The fourth-order valence-corrected chi connectivity index (χ4v) is 4.32. The van der Waals surface area contributed by atoms with E-state index >= 15 is 0 Å². The number of benzene rings is 1. The molecule has 0 atom stereocenters. The summed E-state index contributed by atoms with van der Waals surface area (Å²) < 4.78 is 0. The molecular formula is C22H27N5O. The van der Waals surface area contributed by atoms with E-state index in [0.717, 1.165) is 46.4 Å². The van der Waals surface area contributed by atoms with E-state index in [1.807, 2.05) is 30.5 Å². The lowest BCUT2D eigenvalue weighted by atomic mass is 9.85. The average molecular weight is 377 g/mol. The third kappa shape index (κ3) is 3.86. The number of anilines is 1. The van der Waals surface area contributed by atoms with Crippen LogP contribution in [-0.2, 0) is 17.6 Å². The van der Waals surface area contributed by atoms with Crippen LogP contribution in [0.1, 0.15) is 61.9 Å². The van der Waals surface area contributed by atoms with Crippen molar-refractivity contribution in [2.45, 2.75) is 57.8 Å². The molecule has 28 heavy (non-hydrogen) atoms. The Morgan fingerprint density at radius 1 is 1.21 bits per heavy atom. The highest BCUT2D eigenvalue weighted by atomic mass is 16.1. The second-order valence-electron chi connectivity index (χ2n) is 7.70. The average Bonchev–Trinajstić information content (AvgIpc) is 3.03. The Labute approximate surface area is 165 Å². The van der Waals surface area contributed by atoms with Crippen LogP contribution < -0.4 is 11.2 Å². The SMILES string of the molecule is CC(=O)Nc1cccc(CCc2nn(N)c3ccnc(C4CCCCC4)c23)c1. The van der Waals surface area contributed by atoms with Crippen LogP contribution in [0.2, 0.25) is 0 Å². The highest BCUT2D eigenvalue weighted by Gasteiger charge is 2.22. The normalized spacial score (nSPS) is 15.0. The predicted molar refractivity (Wildman–Crippen MR) is 112 cm³/mol. The summed E-state index contributed by atoms with van der Waals surface area (Å²) in [6, 6.07) is 9.92. The van der Waals surface area contributed by atoms with E-state index in [9.17, 15) is 4.79 Å². The Kier molecular flexibility index (Phi) is 5.28. The van der Waals surface area contributed by atoms with Gasteiger partial charge in [0.2, 0.25) is 5.91 Å². The number of nitrogens with zero attached hydrogens (tertiary/aromatic N) is 3. The zero-order valence-corrected chi connectivity index (χ0v) is 16.3. The van der Waals surface area contributed by atoms with E-state index in [4.69, 9.17) is 10.8 Å². The van der Waals surface area contributed by atoms with Crippen molar-refractivity contribution in [1.29, 1.82) is 0 Å². The van der Waals surface area contributed by atoms with Crippen LogP contribution in [0.4, 0.5) is 5.69 Å². The molecule has 0 bridgehead atoms. The third-order valence-corrected chi connectivity index (χ3v) is 5.61. The number of fused-ring (bicyclic) bond motifs is 1. The molecule has 2 aromatic heterocycles. The Morgan fingerprint density at radius 2 is 2.04 bits per heavy atom. The fraction of sp³-hybridized carbons (Fsp3) is 0.409. The van der Waals surface area contributed by atoms with Crippen molar-refractivity contribution in [2.75, 3.05) is 11.2 Å². The molecule has 1 aliphatic carbocycles. The predicted octanol–water partition coefficient (Wildman–Crippen LogP) is 3.94. The standard InChI is InChI=1S/C22H27N5O/c1-15(28)25-18-9-5-6-16(14-18)10-11-19-21-20(27(23)26-19)12-13-24-22(21)17-7-3-2-4-8-17/h5-6,9,12-14,17H,2-4,7-8,10-11,23H2,1H3,(H,25,28). The fourth-order valence-electron chi connectivity index (χ4n) is 4.32. The van der Waals surface area contributed by atoms with Gasteiger partial charge in [-0.15, -0.1) is 0 Å². The van der Waals surface area contributed by atoms with Gasteiger partial charge in [0.15, 0.2) is 0 Å². The first-order valence-corrected chi connectivity index (χ1v) is 10.1. The number of nitrogens with one attached hydrogen (secondary N) is 1. The number of nitrogen functional groups attached to an aromatic ring is 1. The number of aryl methyl sites for hydroxylation is 2. The minimum absolute atomic E-state index is 0.0618. The number of hydrogen-bond donors (Lipinski definition) is 2. The van der Waals surface area contributed by atoms with Gasteiger partial charge in [0.05, 0.1) is 16.9 Å². The van der Waals surface area contributed by atoms with Crippen molar-refractivity contribution in [3.05, 3.63) is 53.5 Å². The summed E-state index contributed by atoms with van der Waals surface area (Å²) in [4.78, 5) is 17.5. The van der Waals surface area contributed by atoms with Gasteiger partial charge in [-0.25, -0.2) is 0 Å². The summed E-state index contributed by atoms with van der Waals surface area (Å²) in [5.41, 5.74) is 5.11. The van der Waals surface area contributed by atoms with Gasteiger partial charge in [0.25, 0.3) is 0 Å². The molecule has 6 heteroatoms. The van der Waals surface area contributed by atoms with Crippen LogP contribution in [0.3, 0.4) is 0 Å². The number of carbonyl (C=O) groups is 1. The molecule has 0 aliphatic heterocycles. The topological polar surface area (TPSA) is 85.8 Å². The maximum absolute atomic E-state index is 11.3. The highest BCUT2D eigenvalue weighted by Crippen LogP contribution is 2.36. The molecule has 1 aromatic carbocycles. The Morgan fingerprint density at radius 3 is 2.82 bits per heavy atom. The van der Waals surface area contributed by atoms with Gasteiger partial charge in [0.1, 0.15) is 0 Å². The van der Waals surface area contributed by atoms with Gasteiger partial charge in [-0.1, -0.05) is 31.4 Å². The summed E-state index contributed by atoms with van der Waals surface area (Å²) in [6.45, 7) is 1.52. The van der Waals surface area contributed by atoms with E-state index in [2.05, 4.69) is 16.5 Å². The van der Waals surface area contributed by atoms with Crippen LogP contribution in [0, 0.1) is 0 Å². The van der Waals surface area contributed by atoms with E-state index < -0.39 is 0 Å². The van der Waals surface area contributed by atoms with Gasteiger partial charge >= 0.3 is 0 Å². The van der Waals surface area contributed by atoms with E-state index in [0.29, 0.717) is 5.92 Å². The van der Waals surface area contributed by atoms with Crippen LogP contribution in [0.5, 0.6) is 0 Å². The first kappa shape index (κ1) is 18.5. The maximum atomic E-state index is 11.3. The minimum atomic E-state index is -0.0618. The van der Waals surface area contributed by atoms with Crippen molar-refractivity contribution in [3.63, 3.8) is 0 Å². The van der Waals surface area contributed by atoms with Crippen LogP contribution in [0.25, 0.3) is 10.9 Å². The number of amides is 1. The van der Waals surface area contributed by atoms with Crippen molar-refractivity contribution < 1.29 is 4.79 Å². The van der Waals surface area contributed by atoms with Crippen LogP contribution in [0.15, 0.2) is 36.5 Å². The molecule has 6 nitrogen and oxygen atoms in total. The largest absolute Gasteiger partial charge is 0.326 e. The van der Waals surface area contributed by atoms with Crippen molar-refractivity contribution in [2.24, 2.45) is 0 Å². The zero-order chi connectivity index (χ0) is 19.5. The molecule has 0 unspecified atom stereocenters. The molecule has 0 saturated heterocycles. The number of hydrogen-bond acceptors (Lipinski definition) is 4. The number of pyridine rings is 1. The molecule has 146 valence electrons. The molecule has 1 fully saturated rings. The van der Waals surface area contributed by atoms with E-state index in [1.165, 1.54) is 43.8 Å². The van der Waals surface area contributed by atoms with Gasteiger partial charge in [-0.2, -0.15) is 9.89 Å². The van der Waals surface area contributed by atoms with Crippen molar-refractivity contribution in [3.8, 4) is 0 Å². The van der Waals surface area contributed by atoms with Crippen LogP contribution >= 0.6 is 0 Å². The number of rotatable bonds is 5. The summed E-state index contributed by atoms with van der Waals surface area (Å²) in [6.07, 6.45) is 9.72. The summed E-state index contributed by atoms with van der Waals surface area (Å²) in [5, 5.41) is 8.59. The van der Waals surface area contributed by atoms with E-state index in [1.54, 1.807) is 0 Å². The zero-order valence-electron chi connectivity index (χ0n) is 16.3. The van der Waals surface area contributed by atoms with Crippen molar-refractivity contribution >= 4 is 22.5 Å². The summed E-state index contributed by atoms with van der Waals surface area (Å²) in [5.74, 6) is 6.60. The molecule has 1 aliphatic rings. The molecule has 1 amide bonds. The smallest absolute Gasteiger partial charge is 0.221 e. The molecule has 4 rings (SSSR count). The number of aromatic nitrogens is 3. The van der Waals surface area contributed by atoms with Gasteiger partial charge in [-0.05, 0) is 49.4 Å². The Bertz CT molecular complexity index is 988. The lowest BCUT2D eigenvalue weighted by Gasteiger charge is -2.21. The molecule has 0 spiro atoms. The summed E-state index contributed by atoms with van der Waals surface area (Å²) in [7, 11) is 0. The maximum Gasteiger partial charge on any atom is 0.221 e. The van der Waals surface area contributed by atoms with Gasteiger partial charge < -0.3 is 11.2 Å². The Balaban J connectivity index is 1.61. The minimum Gasteiger partial charge on any atom is -0.326 e. The lowest BCUT2D eigenvalue weighted by molar-refractivity contribution is -0.114. The first-order chi connectivity index (χ1) is 13.6. The molecule has 0 radical (unpaired) electrons. The lowest BCUT2D eigenvalue weighted by Crippen LogP contribution is -2.10. The molecule has 2 heterocycles. The number of nitrogens with two attached hydrogens (primary N) is 1. The highest BCUT2D eigenvalue weighted by molar-refractivity contribution is 5.88. The van der Waals surface area contributed by atoms with E-state index in [-0.39, 0.29) is 5.91 Å². The monoisotopic (exact) mass is 377 g/mol. The molecule has 3 N–H and O–H groups in total. The van der Waals surface area contributed by atoms with Gasteiger partial charge in [-0.3, -0.25) is 9.78 Å². The molecule has 1 saturated carbocycles. The third-order valence-electron chi connectivity index (χ3n) is 5.61. The Hall–Kier alpha value is -2.89. The number of carbonyl (C=O) groups excluding carboxylic acids is 1. The molecule has 3 aromatic rings. The molecular weight excluding hydrogens is 350 g/mol. The van der Waals surface area contributed by atoms with Crippen LogP contribution in [-0.4, -0.2) is 20.8 Å². The second kappa shape index (κ2) is 8.00. The first-order valence-electron chi connectivity index (χ1n) is 10.1. The van der Waals surface area contributed by atoms with Gasteiger partial charge in [0, 0.05) is 30.1 Å². The van der Waals surface area contributed by atoms with Crippen molar-refractivity contribution in [1.82, 2.24) is 14.9 Å².